The molecule has 3 nitrogen and oxygen atoms in total. The summed E-state index contributed by atoms with van der Waals surface area (Å²) in [5, 5.41) is 0. The van der Waals surface area contributed by atoms with Crippen molar-refractivity contribution >= 4 is 5.78 Å². The van der Waals surface area contributed by atoms with Crippen molar-refractivity contribution in [2.45, 2.75) is 60.4 Å². The second-order valence-corrected chi connectivity index (χ2v) is 7.43. The molecule has 21 heavy (non-hydrogen) atoms. The molecule has 0 saturated carbocycles. The number of aryl methyl sites for hydroxylation is 1. The third-order valence-electron chi connectivity index (χ3n) is 4.51. The Balaban J connectivity index is 2.47. The van der Waals surface area contributed by atoms with Crippen LogP contribution in [0.15, 0.2) is 6.07 Å². The van der Waals surface area contributed by atoms with Crippen molar-refractivity contribution in [1.29, 1.82) is 0 Å². The van der Waals surface area contributed by atoms with Crippen molar-refractivity contribution in [3.05, 3.63) is 23.0 Å². The van der Waals surface area contributed by atoms with Crippen molar-refractivity contribution in [1.82, 2.24) is 4.57 Å². The van der Waals surface area contributed by atoms with Crippen LogP contribution in [0.25, 0.3) is 0 Å². The van der Waals surface area contributed by atoms with E-state index in [2.05, 4.69) is 45.3 Å². The highest BCUT2D eigenvalue weighted by Gasteiger charge is 2.35. The predicted octanol–water partition coefficient (Wildman–Crippen LogP) is 4.19. The smallest absolute Gasteiger partial charge is 0.165 e. The first-order valence-electron chi connectivity index (χ1n) is 8.08. The summed E-state index contributed by atoms with van der Waals surface area (Å²) < 4.78 is 8.07. The first-order chi connectivity index (χ1) is 9.76. The van der Waals surface area contributed by atoms with E-state index in [9.17, 15) is 4.79 Å². The Morgan fingerprint density at radius 1 is 1.33 bits per heavy atom. The molecule has 1 unspecified atom stereocenters. The average molecular weight is 291 g/mol. The number of nitrogens with zero attached hydrogens (tertiary/aromatic N) is 1. The van der Waals surface area contributed by atoms with Gasteiger partial charge in [0.1, 0.15) is 0 Å². The molecule has 1 aliphatic rings. The van der Waals surface area contributed by atoms with E-state index in [-0.39, 0.29) is 5.41 Å². The van der Waals surface area contributed by atoms with Gasteiger partial charge in [0, 0.05) is 30.0 Å². The molecule has 0 aromatic carbocycles. The lowest BCUT2D eigenvalue weighted by molar-refractivity contribution is 0.0871. The van der Waals surface area contributed by atoms with Crippen LogP contribution in [-0.4, -0.2) is 23.6 Å². The molecule has 0 radical (unpaired) electrons. The van der Waals surface area contributed by atoms with E-state index in [1.54, 1.807) is 0 Å². The molecule has 0 amide bonds. The number of carbonyl (C=O) groups excluding carboxylic acids is 1. The topological polar surface area (TPSA) is 31.2 Å². The minimum absolute atomic E-state index is 0.0553. The molecule has 0 bridgehead atoms. The fraction of sp³-hybridized carbons (Fsp3) is 0.722. The fourth-order valence-electron chi connectivity index (χ4n) is 3.44. The van der Waals surface area contributed by atoms with E-state index in [0.717, 1.165) is 18.6 Å². The quantitative estimate of drug-likeness (QED) is 0.814. The second kappa shape index (κ2) is 5.96. The molecule has 0 saturated heterocycles. The van der Waals surface area contributed by atoms with Gasteiger partial charge in [0.05, 0.1) is 12.6 Å². The predicted molar refractivity (Wildman–Crippen MR) is 86.0 cm³/mol. The van der Waals surface area contributed by atoms with E-state index in [1.165, 1.54) is 11.4 Å². The summed E-state index contributed by atoms with van der Waals surface area (Å²) in [4.78, 5) is 12.4. The summed E-state index contributed by atoms with van der Waals surface area (Å²) in [5.41, 5.74) is 3.39. The lowest BCUT2D eigenvalue weighted by Gasteiger charge is -2.33. The Hall–Kier alpha value is -1.09. The maximum absolute atomic E-state index is 12.4. The van der Waals surface area contributed by atoms with Crippen LogP contribution in [-0.2, 0) is 11.2 Å². The van der Waals surface area contributed by atoms with Gasteiger partial charge in [-0.25, -0.2) is 0 Å². The molecule has 1 aliphatic carbocycles. The Morgan fingerprint density at radius 2 is 2.00 bits per heavy atom. The Morgan fingerprint density at radius 3 is 2.57 bits per heavy atom. The van der Waals surface area contributed by atoms with E-state index >= 15 is 0 Å². The van der Waals surface area contributed by atoms with Crippen LogP contribution in [0.3, 0.4) is 0 Å². The number of aromatic nitrogens is 1. The zero-order valence-electron chi connectivity index (χ0n) is 14.3. The van der Waals surface area contributed by atoms with Crippen molar-refractivity contribution in [3.63, 3.8) is 0 Å². The lowest BCUT2D eigenvalue weighted by Crippen LogP contribution is -2.31. The summed E-state index contributed by atoms with van der Waals surface area (Å²) >= 11 is 0. The van der Waals surface area contributed by atoms with Crippen molar-refractivity contribution in [3.8, 4) is 0 Å². The number of hydrogen-bond acceptors (Lipinski definition) is 2. The Bertz CT molecular complexity index is 526. The van der Waals surface area contributed by atoms with Gasteiger partial charge >= 0.3 is 0 Å². The van der Waals surface area contributed by atoms with E-state index in [4.69, 9.17) is 4.74 Å². The Labute approximate surface area is 128 Å². The van der Waals surface area contributed by atoms with Gasteiger partial charge in [-0.1, -0.05) is 27.7 Å². The summed E-state index contributed by atoms with van der Waals surface area (Å²) in [6.07, 6.45) is 1.62. The molecule has 0 aliphatic heterocycles. The van der Waals surface area contributed by atoms with Crippen LogP contribution in [0.4, 0.5) is 0 Å². The highest BCUT2D eigenvalue weighted by molar-refractivity contribution is 5.99. The summed E-state index contributed by atoms with van der Waals surface area (Å²) in [7, 11) is 0. The molecular weight excluding hydrogens is 262 g/mol. The molecule has 118 valence electrons. The zero-order chi connectivity index (χ0) is 15.8. The van der Waals surface area contributed by atoms with Gasteiger partial charge in [-0.15, -0.1) is 0 Å². The van der Waals surface area contributed by atoms with Gasteiger partial charge < -0.3 is 9.30 Å². The summed E-state index contributed by atoms with van der Waals surface area (Å²) in [6, 6.07) is 2.38. The maximum Gasteiger partial charge on any atom is 0.165 e. The first kappa shape index (κ1) is 16.3. The molecule has 3 heteroatoms. The standard InChI is InChI=1S/C18H29NO2/c1-7-21-11-16(12(2)3)19-13(4)8-14-15(19)9-18(5,6)10-17(14)20/h8,12,16H,7,9-11H2,1-6H3. The van der Waals surface area contributed by atoms with Crippen molar-refractivity contribution < 1.29 is 9.53 Å². The van der Waals surface area contributed by atoms with Gasteiger partial charge in [0.15, 0.2) is 5.78 Å². The van der Waals surface area contributed by atoms with Crippen LogP contribution in [0.2, 0.25) is 0 Å². The molecular formula is C18H29NO2. The fourth-order valence-corrected chi connectivity index (χ4v) is 3.44. The van der Waals surface area contributed by atoms with Crippen molar-refractivity contribution in [2.75, 3.05) is 13.2 Å². The number of ketones is 1. The van der Waals surface area contributed by atoms with Crippen LogP contribution >= 0.6 is 0 Å². The monoisotopic (exact) mass is 291 g/mol. The number of ether oxygens (including phenoxy) is 1. The van der Waals surface area contributed by atoms with Gasteiger partial charge in [-0.2, -0.15) is 0 Å². The van der Waals surface area contributed by atoms with Gasteiger partial charge in [-0.3, -0.25) is 4.79 Å². The molecule has 0 N–H and O–H groups in total. The number of fused-ring (bicyclic) bond motifs is 1. The van der Waals surface area contributed by atoms with E-state index < -0.39 is 0 Å². The van der Waals surface area contributed by atoms with Gasteiger partial charge in [0.2, 0.25) is 0 Å². The SMILES string of the molecule is CCOCC(C(C)C)n1c(C)cc2c1CC(C)(C)CC2=O. The van der Waals surface area contributed by atoms with Crippen LogP contribution in [0, 0.1) is 18.3 Å². The van der Waals surface area contributed by atoms with Crippen LogP contribution in [0.5, 0.6) is 0 Å². The summed E-state index contributed by atoms with van der Waals surface area (Å²) in [6.45, 7) is 14.4. The first-order valence-corrected chi connectivity index (χ1v) is 8.08. The van der Waals surface area contributed by atoms with Gasteiger partial charge in [-0.05, 0) is 37.7 Å². The molecule has 1 aromatic rings. The highest BCUT2D eigenvalue weighted by atomic mass is 16.5. The highest BCUT2D eigenvalue weighted by Crippen LogP contribution is 2.38. The van der Waals surface area contributed by atoms with Crippen LogP contribution in [0.1, 0.15) is 68.8 Å². The largest absolute Gasteiger partial charge is 0.380 e. The van der Waals surface area contributed by atoms with Crippen LogP contribution < -0.4 is 0 Å². The lowest BCUT2D eigenvalue weighted by atomic mass is 9.76. The molecule has 1 aromatic heterocycles. The normalized spacial score (nSPS) is 18.9. The number of hydrogen-bond donors (Lipinski definition) is 0. The molecule has 0 spiro atoms. The minimum atomic E-state index is 0.0553. The molecule has 1 atom stereocenters. The third-order valence-corrected chi connectivity index (χ3v) is 4.51. The Kier molecular flexibility index (Phi) is 4.62. The number of Topliss-reactive ketones (excluding diaryl/α,β-unsaturated/α-hetero) is 1. The molecule has 1 heterocycles. The van der Waals surface area contributed by atoms with Crippen molar-refractivity contribution in [2.24, 2.45) is 11.3 Å². The van der Waals surface area contributed by atoms with E-state index in [1.807, 2.05) is 6.92 Å². The minimum Gasteiger partial charge on any atom is -0.380 e. The maximum atomic E-state index is 12.4. The summed E-state index contributed by atoms with van der Waals surface area (Å²) in [5.74, 6) is 0.772. The van der Waals surface area contributed by atoms with Gasteiger partial charge in [0.25, 0.3) is 0 Å². The molecule has 0 fully saturated rings. The number of carbonyl (C=O) groups is 1. The second-order valence-electron chi connectivity index (χ2n) is 7.43. The average Bonchev–Trinajstić information content (AvgIpc) is 2.66. The zero-order valence-corrected chi connectivity index (χ0v) is 14.3. The third kappa shape index (κ3) is 3.23. The van der Waals surface area contributed by atoms with E-state index in [0.29, 0.717) is 30.8 Å². The molecule has 2 rings (SSSR count). The number of rotatable bonds is 5.